The number of likely N-dealkylation sites (N-methyl/N-ethyl adjacent to an activating group) is 1. The molecule has 1 amide bonds. The van der Waals surface area contributed by atoms with E-state index in [2.05, 4.69) is 0 Å². The maximum Gasteiger partial charge on any atom is 0.344 e. The summed E-state index contributed by atoms with van der Waals surface area (Å²) in [6.45, 7) is 4.98. The Bertz CT molecular complexity index is 800. The van der Waals surface area contributed by atoms with E-state index in [1.807, 2.05) is 13.8 Å². The van der Waals surface area contributed by atoms with Crippen LogP contribution in [-0.4, -0.2) is 62.5 Å². The van der Waals surface area contributed by atoms with Gasteiger partial charge < -0.3 is 14.4 Å². The molecule has 1 heterocycles. The van der Waals surface area contributed by atoms with Crippen molar-refractivity contribution >= 4 is 33.3 Å². The second-order valence-corrected chi connectivity index (χ2v) is 9.22. The first-order chi connectivity index (χ1) is 12.6. The molecule has 1 aromatic rings. The molecule has 1 fully saturated rings. The summed E-state index contributed by atoms with van der Waals surface area (Å²) in [5, 5.41) is 0.583. The van der Waals surface area contributed by atoms with Gasteiger partial charge in [0.2, 0.25) is 0 Å². The Morgan fingerprint density at radius 3 is 2.37 bits per heavy atom. The number of esters is 1. The lowest BCUT2D eigenvalue weighted by molar-refractivity contribution is -0.154. The Balaban J connectivity index is 1.85. The number of aryl methyl sites for hydroxylation is 2. The second kappa shape index (κ2) is 8.93. The highest BCUT2D eigenvalue weighted by Crippen LogP contribution is 2.27. The van der Waals surface area contributed by atoms with Gasteiger partial charge >= 0.3 is 5.97 Å². The van der Waals surface area contributed by atoms with Gasteiger partial charge in [-0.25, -0.2) is 13.2 Å². The second-order valence-electron chi connectivity index (χ2n) is 6.55. The molecule has 0 aromatic heterocycles. The zero-order valence-corrected chi connectivity index (χ0v) is 17.2. The van der Waals surface area contributed by atoms with Gasteiger partial charge in [-0.1, -0.05) is 11.6 Å². The van der Waals surface area contributed by atoms with Crippen molar-refractivity contribution < 1.29 is 27.5 Å². The van der Waals surface area contributed by atoms with Crippen LogP contribution < -0.4 is 4.74 Å². The minimum Gasteiger partial charge on any atom is -0.481 e. The molecular weight excluding hydrogens is 394 g/mol. The van der Waals surface area contributed by atoms with Crippen molar-refractivity contribution in [3.63, 3.8) is 0 Å². The highest BCUT2D eigenvalue weighted by atomic mass is 35.5. The van der Waals surface area contributed by atoms with E-state index in [1.54, 1.807) is 19.1 Å². The van der Waals surface area contributed by atoms with Crippen LogP contribution in [0.4, 0.5) is 0 Å². The third kappa shape index (κ3) is 5.84. The summed E-state index contributed by atoms with van der Waals surface area (Å²) in [5.74, 6) is -0.499. The van der Waals surface area contributed by atoms with E-state index in [-0.39, 0.29) is 24.2 Å². The molecule has 27 heavy (non-hydrogen) atoms. The van der Waals surface area contributed by atoms with Crippen LogP contribution in [0, 0.1) is 13.8 Å². The quantitative estimate of drug-likeness (QED) is 0.629. The summed E-state index contributed by atoms with van der Waals surface area (Å²) in [7, 11) is -3.10. The standard InChI is InChI=1S/C18H24ClNO6S/c1-4-20(15-5-6-27(23,24)11-15)16(21)9-25-17(22)10-26-18-12(2)7-14(19)8-13(18)3/h7-8,15H,4-6,9-11H2,1-3H3/t15-/m0/s1. The first kappa shape index (κ1) is 21.5. The predicted molar refractivity (Wildman–Crippen MR) is 102 cm³/mol. The van der Waals surface area contributed by atoms with Crippen molar-refractivity contribution in [1.29, 1.82) is 0 Å². The molecule has 7 nitrogen and oxygen atoms in total. The number of amides is 1. The molecule has 1 atom stereocenters. The van der Waals surface area contributed by atoms with Crippen molar-refractivity contribution in [2.24, 2.45) is 0 Å². The van der Waals surface area contributed by atoms with Crippen LogP contribution in [-0.2, 0) is 24.2 Å². The minimum atomic E-state index is -3.10. The monoisotopic (exact) mass is 417 g/mol. The average Bonchev–Trinajstić information content (AvgIpc) is 2.92. The van der Waals surface area contributed by atoms with E-state index >= 15 is 0 Å². The number of hydrogen-bond acceptors (Lipinski definition) is 6. The maximum absolute atomic E-state index is 12.3. The van der Waals surface area contributed by atoms with Gasteiger partial charge in [0, 0.05) is 17.6 Å². The van der Waals surface area contributed by atoms with Crippen molar-refractivity contribution in [2.75, 3.05) is 31.3 Å². The fraction of sp³-hybridized carbons (Fsp3) is 0.556. The molecule has 1 aliphatic rings. The SMILES string of the molecule is CCN(C(=O)COC(=O)COc1c(C)cc(Cl)cc1C)[C@H]1CCS(=O)(=O)C1. The van der Waals surface area contributed by atoms with Gasteiger partial charge in [-0.2, -0.15) is 0 Å². The molecule has 0 unspecified atom stereocenters. The molecule has 1 aromatic carbocycles. The van der Waals surface area contributed by atoms with E-state index in [0.29, 0.717) is 23.7 Å². The third-order valence-electron chi connectivity index (χ3n) is 4.43. The molecule has 0 bridgehead atoms. The normalized spacial score (nSPS) is 18.1. The Morgan fingerprint density at radius 1 is 1.22 bits per heavy atom. The van der Waals surface area contributed by atoms with Crippen molar-refractivity contribution in [3.05, 3.63) is 28.3 Å². The molecule has 2 rings (SSSR count). The van der Waals surface area contributed by atoms with E-state index in [1.165, 1.54) is 4.90 Å². The van der Waals surface area contributed by atoms with Gasteiger partial charge in [0.15, 0.2) is 23.1 Å². The van der Waals surface area contributed by atoms with Crippen LogP contribution in [0.3, 0.4) is 0 Å². The number of rotatable bonds is 7. The lowest BCUT2D eigenvalue weighted by Gasteiger charge is -2.26. The minimum absolute atomic E-state index is 0.0429. The molecule has 1 aliphatic heterocycles. The zero-order valence-electron chi connectivity index (χ0n) is 15.7. The summed E-state index contributed by atoms with van der Waals surface area (Å²) < 4.78 is 33.7. The van der Waals surface area contributed by atoms with Crippen LogP contribution in [0.5, 0.6) is 5.75 Å². The molecule has 0 N–H and O–H groups in total. The number of hydrogen-bond donors (Lipinski definition) is 0. The predicted octanol–water partition coefficient (Wildman–Crippen LogP) is 1.91. The zero-order chi connectivity index (χ0) is 20.2. The Kier molecular flexibility index (Phi) is 7.11. The van der Waals surface area contributed by atoms with Crippen LogP contribution in [0.1, 0.15) is 24.5 Å². The number of nitrogens with zero attached hydrogens (tertiary/aromatic N) is 1. The molecule has 0 spiro atoms. The molecular formula is C18H24ClNO6S. The van der Waals surface area contributed by atoms with Crippen molar-refractivity contribution in [1.82, 2.24) is 4.90 Å². The smallest absolute Gasteiger partial charge is 0.344 e. The first-order valence-corrected chi connectivity index (χ1v) is 10.9. The van der Waals surface area contributed by atoms with Crippen molar-refractivity contribution in [3.8, 4) is 5.75 Å². The lowest BCUT2D eigenvalue weighted by Crippen LogP contribution is -2.43. The average molecular weight is 418 g/mol. The molecule has 0 saturated carbocycles. The maximum atomic E-state index is 12.3. The van der Waals surface area contributed by atoms with Crippen LogP contribution in [0.15, 0.2) is 12.1 Å². The van der Waals surface area contributed by atoms with Gasteiger partial charge in [-0.15, -0.1) is 0 Å². The highest BCUT2D eigenvalue weighted by Gasteiger charge is 2.34. The van der Waals surface area contributed by atoms with Gasteiger partial charge in [0.05, 0.1) is 11.5 Å². The lowest BCUT2D eigenvalue weighted by atomic mass is 10.1. The molecule has 150 valence electrons. The van der Waals surface area contributed by atoms with Gasteiger partial charge in [0.25, 0.3) is 5.91 Å². The van der Waals surface area contributed by atoms with Gasteiger partial charge in [-0.3, -0.25) is 4.79 Å². The number of sulfone groups is 1. The summed E-state index contributed by atoms with van der Waals surface area (Å²) in [4.78, 5) is 25.7. The van der Waals surface area contributed by atoms with Crippen molar-refractivity contribution in [2.45, 2.75) is 33.2 Å². The van der Waals surface area contributed by atoms with E-state index in [9.17, 15) is 18.0 Å². The van der Waals surface area contributed by atoms with E-state index in [0.717, 1.165) is 11.1 Å². The van der Waals surface area contributed by atoms with Crippen LogP contribution >= 0.6 is 11.6 Å². The Morgan fingerprint density at radius 2 is 1.85 bits per heavy atom. The Hall–Kier alpha value is -1.80. The summed E-state index contributed by atoms with van der Waals surface area (Å²) in [6, 6.07) is 3.10. The number of benzene rings is 1. The highest BCUT2D eigenvalue weighted by molar-refractivity contribution is 7.91. The number of ether oxygens (including phenoxy) is 2. The number of halogens is 1. The van der Waals surface area contributed by atoms with E-state index < -0.39 is 28.3 Å². The molecule has 9 heteroatoms. The van der Waals surface area contributed by atoms with Gasteiger partial charge in [0.1, 0.15) is 5.75 Å². The topological polar surface area (TPSA) is 90.0 Å². The van der Waals surface area contributed by atoms with Crippen LogP contribution in [0.2, 0.25) is 5.02 Å². The number of carbonyl (C=O) groups excluding carboxylic acids is 2. The third-order valence-corrected chi connectivity index (χ3v) is 6.39. The first-order valence-electron chi connectivity index (χ1n) is 8.68. The van der Waals surface area contributed by atoms with Gasteiger partial charge in [-0.05, 0) is 50.5 Å². The summed E-state index contributed by atoms with van der Waals surface area (Å²) >= 11 is 5.96. The number of carbonyl (C=O) groups is 2. The summed E-state index contributed by atoms with van der Waals surface area (Å²) in [6.07, 6.45) is 0.411. The largest absolute Gasteiger partial charge is 0.481 e. The summed E-state index contributed by atoms with van der Waals surface area (Å²) in [5.41, 5.74) is 1.59. The van der Waals surface area contributed by atoms with E-state index in [4.69, 9.17) is 21.1 Å². The molecule has 0 radical (unpaired) electrons. The molecule has 0 aliphatic carbocycles. The Labute approximate surface area is 164 Å². The fourth-order valence-corrected chi connectivity index (χ4v) is 5.24. The van der Waals surface area contributed by atoms with Crippen LogP contribution in [0.25, 0.3) is 0 Å². The molecule has 1 saturated heterocycles. The fourth-order valence-electron chi connectivity index (χ4n) is 3.18.